The van der Waals surface area contributed by atoms with Crippen molar-refractivity contribution in [1.82, 2.24) is 0 Å². The molecule has 1 fully saturated rings. The molecule has 0 aliphatic carbocycles. The number of ether oxygens (including phenoxy) is 2. The molecule has 0 aromatic heterocycles. The first-order valence-corrected chi connectivity index (χ1v) is 6.65. The van der Waals surface area contributed by atoms with E-state index < -0.39 is 47.4 Å². The summed E-state index contributed by atoms with van der Waals surface area (Å²) in [4.78, 5) is 0. The minimum absolute atomic E-state index is 0.538. The van der Waals surface area contributed by atoms with E-state index in [2.05, 4.69) is 4.18 Å². The van der Waals surface area contributed by atoms with E-state index in [0.29, 0.717) is 0 Å². The Morgan fingerprint density at radius 1 is 1.29 bits per heavy atom. The topological polar surface area (TPSA) is 123 Å². The van der Waals surface area contributed by atoms with Gasteiger partial charge in [0.15, 0.2) is 12.4 Å². The van der Waals surface area contributed by atoms with Crippen LogP contribution in [0, 0.1) is 0 Å². The molecular formula is C8H16O8S. The average Bonchev–Trinajstić information content (AvgIpc) is 2.24. The fraction of sp³-hybridized carbons (Fsp3) is 1.00. The van der Waals surface area contributed by atoms with Crippen molar-refractivity contribution in [2.45, 2.75) is 30.7 Å². The highest BCUT2D eigenvalue weighted by atomic mass is 32.2. The predicted octanol–water partition coefficient (Wildman–Crippen LogP) is -2.58. The van der Waals surface area contributed by atoms with Crippen LogP contribution in [0.15, 0.2) is 0 Å². The van der Waals surface area contributed by atoms with Gasteiger partial charge in [-0.25, -0.2) is 0 Å². The molecule has 1 saturated heterocycles. The summed E-state index contributed by atoms with van der Waals surface area (Å²) >= 11 is 0. The van der Waals surface area contributed by atoms with Crippen LogP contribution in [-0.4, -0.2) is 74.4 Å². The maximum atomic E-state index is 11.0. The molecule has 0 amide bonds. The van der Waals surface area contributed by atoms with Crippen LogP contribution in [0.25, 0.3) is 0 Å². The van der Waals surface area contributed by atoms with Crippen LogP contribution >= 0.6 is 0 Å². The van der Waals surface area contributed by atoms with E-state index in [1.54, 1.807) is 0 Å². The van der Waals surface area contributed by atoms with Crippen molar-refractivity contribution < 1.29 is 37.4 Å². The van der Waals surface area contributed by atoms with E-state index in [-0.39, 0.29) is 0 Å². The molecule has 0 aromatic rings. The molecule has 0 bridgehead atoms. The van der Waals surface area contributed by atoms with Crippen LogP contribution in [0.5, 0.6) is 0 Å². The van der Waals surface area contributed by atoms with Gasteiger partial charge in [-0.1, -0.05) is 0 Å². The van der Waals surface area contributed by atoms with E-state index in [1.165, 1.54) is 7.11 Å². The molecule has 17 heavy (non-hydrogen) atoms. The Kier molecular flexibility index (Phi) is 4.84. The number of aliphatic hydroxyl groups excluding tert-OH is 3. The molecule has 0 saturated carbocycles. The van der Waals surface area contributed by atoms with Gasteiger partial charge in [0, 0.05) is 7.11 Å². The van der Waals surface area contributed by atoms with Crippen LogP contribution < -0.4 is 0 Å². The summed E-state index contributed by atoms with van der Waals surface area (Å²) in [6.45, 7) is -0.538. The molecule has 0 spiro atoms. The molecule has 1 aliphatic rings. The van der Waals surface area contributed by atoms with E-state index in [0.717, 1.165) is 6.26 Å². The summed E-state index contributed by atoms with van der Waals surface area (Å²) in [5, 5.41) is 28.1. The molecule has 1 heterocycles. The zero-order valence-electron chi connectivity index (χ0n) is 9.38. The lowest BCUT2D eigenvalue weighted by atomic mass is 9.99. The van der Waals surface area contributed by atoms with E-state index in [9.17, 15) is 18.6 Å². The summed E-state index contributed by atoms with van der Waals surface area (Å²) < 4.78 is 36.4. The van der Waals surface area contributed by atoms with Gasteiger partial charge in [0.25, 0.3) is 10.1 Å². The average molecular weight is 272 g/mol. The molecule has 102 valence electrons. The molecule has 1 aliphatic heterocycles. The molecule has 5 atom stereocenters. The van der Waals surface area contributed by atoms with Crippen LogP contribution in [-0.2, 0) is 23.8 Å². The van der Waals surface area contributed by atoms with E-state index >= 15 is 0 Å². The first-order chi connectivity index (χ1) is 7.80. The first kappa shape index (κ1) is 14.8. The normalized spacial score (nSPS) is 39.2. The van der Waals surface area contributed by atoms with Crippen molar-refractivity contribution in [3.05, 3.63) is 0 Å². The number of hydrogen-bond donors (Lipinski definition) is 3. The lowest BCUT2D eigenvalue weighted by Gasteiger charge is -2.40. The summed E-state index contributed by atoms with van der Waals surface area (Å²) in [6, 6.07) is 0. The van der Waals surface area contributed by atoms with Crippen molar-refractivity contribution in [2.24, 2.45) is 0 Å². The largest absolute Gasteiger partial charge is 0.394 e. The molecule has 0 unspecified atom stereocenters. The smallest absolute Gasteiger partial charge is 0.264 e. The molecule has 1 rings (SSSR count). The van der Waals surface area contributed by atoms with Gasteiger partial charge in [0.1, 0.15) is 18.3 Å². The van der Waals surface area contributed by atoms with Crippen molar-refractivity contribution in [3.8, 4) is 0 Å². The third-order valence-corrected chi connectivity index (χ3v) is 2.91. The molecular weight excluding hydrogens is 256 g/mol. The van der Waals surface area contributed by atoms with Gasteiger partial charge in [0.05, 0.1) is 12.9 Å². The molecule has 3 N–H and O–H groups in total. The molecule has 8 nitrogen and oxygen atoms in total. The number of aliphatic hydroxyl groups is 3. The fourth-order valence-corrected chi connectivity index (χ4v) is 2.16. The quantitative estimate of drug-likeness (QED) is 0.477. The number of hydrogen-bond acceptors (Lipinski definition) is 8. The molecule has 0 aromatic carbocycles. The van der Waals surface area contributed by atoms with E-state index in [1.807, 2.05) is 0 Å². The monoisotopic (exact) mass is 272 g/mol. The highest BCUT2D eigenvalue weighted by molar-refractivity contribution is 7.86. The van der Waals surface area contributed by atoms with Crippen molar-refractivity contribution in [3.63, 3.8) is 0 Å². The van der Waals surface area contributed by atoms with Gasteiger partial charge < -0.3 is 24.8 Å². The summed E-state index contributed by atoms with van der Waals surface area (Å²) in [6.07, 6.45) is -5.84. The zero-order valence-corrected chi connectivity index (χ0v) is 10.2. The highest BCUT2D eigenvalue weighted by Gasteiger charge is 2.46. The maximum absolute atomic E-state index is 11.0. The van der Waals surface area contributed by atoms with Crippen LogP contribution in [0.2, 0.25) is 0 Å². The van der Waals surface area contributed by atoms with Gasteiger partial charge in [-0.05, 0) is 0 Å². The van der Waals surface area contributed by atoms with Crippen molar-refractivity contribution in [1.29, 1.82) is 0 Å². The van der Waals surface area contributed by atoms with Gasteiger partial charge in [0.2, 0.25) is 0 Å². The summed E-state index contributed by atoms with van der Waals surface area (Å²) in [5.41, 5.74) is 0. The maximum Gasteiger partial charge on any atom is 0.264 e. The second-order valence-corrected chi connectivity index (χ2v) is 5.31. The Labute approximate surface area is 98.8 Å². The second kappa shape index (κ2) is 5.57. The van der Waals surface area contributed by atoms with Gasteiger partial charge in [-0.2, -0.15) is 8.42 Å². The van der Waals surface area contributed by atoms with Crippen LogP contribution in [0.1, 0.15) is 0 Å². The third kappa shape index (κ3) is 3.58. The number of rotatable bonds is 4. The molecule has 0 radical (unpaired) electrons. The highest BCUT2D eigenvalue weighted by Crippen LogP contribution is 2.24. The lowest BCUT2D eigenvalue weighted by Crippen LogP contribution is -2.60. The van der Waals surface area contributed by atoms with Gasteiger partial charge in [-0.3, -0.25) is 4.18 Å². The Morgan fingerprint density at radius 2 is 1.88 bits per heavy atom. The van der Waals surface area contributed by atoms with Crippen molar-refractivity contribution >= 4 is 10.1 Å². The Hall–Kier alpha value is -0.290. The second-order valence-electron chi connectivity index (χ2n) is 3.71. The van der Waals surface area contributed by atoms with Crippen molar-refractivity contribution in [2.75, 3.05) is 20.0 Å². The van der Waals surface area contributed by atoms with Crippen LogP contribution in [0.4, 0.5) is 0 Å². The van der Waals surface area contributed by atoms with Gasteiger partial charge >= 0.3 is 0 Å². The van der Waals surface area contributed by atoms with Crippen LogP contribution in [0.3, 0.4) is 0 Å². The first-order valence-electron chi connectivity index (χ1n) is 4.83. The Bertz CT molecular complexity index is 339. The summed E-state index contributed by atoms with van der Waals surface area (Å²) in [5.74, 6) is 0. The number of methoxy groups -OCH3 is 1. The Morgan fingerprint density at radius 3 is 2.29 bits per heavy atom. The van der Waals surface area contributed by atoms with E-state index in [4.69, 9.17) is 14.6 Å². The zero-order chi connectivity index (χ0) is 13.2. The molecule has 9 heteroatoms. The van der Waals surface area contributed by atoms with Gasteiger partial charge in [-0.15, -0.1) is 0 Å². The predicted molar refractivity (Wildman–Crippen MR) is 54.5 cm³/mol. The minimum Gasteiger partial charge on any atom is -0.394 e. The fourth-order valence-electron chi connectivity index (χ4n) is 1.55. The third-order valence-electron chi connectivity index (χ3n) is 2.34. The lowest BCUT2D eigenvalue weighted by molar-refractivity contribution is -0.287. The SMILES string of the molecule is CO[C@H]1O[C@H](CO)[C@@H](O)[C@H](O)[C@H]1OS(C)(=O)=O. The Balaban J connectivity index is 2.87. The standard InChI is InChI=1S/C8H16O8S/c1-14-8-7(16-17(2,12)13)6(11)5(10)4(3-9)15-8/h4-11H,3H2,1-2H3/t4-,5-,6+,7-,8+/m1/s1. The summed E-state index contributed by atoms with van der Waals surface area (Å²) in [7, 11) is -2.62. The minimum atomic E-state index is -3.84.